The number of unbranched alkanes of at least 4 members (excludes halogenated alkanes) is 2. The molecule has 0 radical (unpaired) electrons. The number of alkyl halides is 1. The first-order chi connectivity index (χ1) is 9.09. The number of nitrogens with one attached hydrogen (secondary N) is 1. The largest absolute Gasteiger partial charge is 0.325 e. The van der Waals surface area contributed by atoms with Crippen molar-refractivity contribution in [3.8, 4) is 0 Å². The SMILES string of the molecule is CC1CCC2(CC1)NC(=O)N(CCCCCCl)C2=O. The molecule has 1 spiro atoms. The molecule has 1 saturated carbocycles. The molecule has 1 heterocycles. The molecule has 5 heteroatoms. The smallest absolute Gasteiger partial charge is 0.323 e. The maximum absolute atomic E-state index is 12.5. The van der Waals surface area contributed by atoms with Crippen LogP contribution in [-0.2, 0) is 4.79 Å². The lowest BCUT2D eigenvalue weighted by molar-refractivity contribution is -0.132. The summed E-state index contributed by atoms with van der Waals surface area (Å²) in [6.07, 6.45) is 6.36. The van der Waals surface area contributed by atoms with Gasteiger partial charge < -0.3 is 5.32 Å². The summed E-state index contributed by atoms with van der Waals surface area (Å²) in [6, 6.07) is -0.203. The lowest BCUT2D eigenvalue weighted by Crippen LogP contribution is -2.49. The fourth-order valence-corrected chi connectivity index (χ4v) is 3.20. The molecule has 3 amide bonds. The van der Waals surface area contributed by atoms with Gasteiger partial charge in [-0.05, 0) is 44.4 Å². The zero-order chi connectivity index (χ0) is 13.9. The molecule has 0 aromatic heterocycles. The van der Waals surface area contributed by atoms with Gasteiger partial charge in [0, 0.05) is 12.4 Å². The van der Waals surface area contributed by atoms with Gasteiger partial charge in [-0.15, -0.1) is 11.6 Å². The molecule has 2 rings (SSSR count). The molecule has 2 fully saturated rings. The Bertz CT molecular complexity index is 351. The van der Waals surface area contributed by atoms with E-state index in [1.165, 1.54) is 4.90 Å². The number of nitrogens with zero attached hydrogens (tertiary/aromatic N) is 1. The molecule has 0 aromatic rings. The van der Waals surface area contributed by atoms with Crippen LogP contribution in [0.15, 0.2) is 0 Å². The van der Waals surface area contributed by atoms with Crippen molar-refractivity contribution in [1.29, 1.82) is 0 Å². The zero-order valence-electron chi connectivity index (χ0n) is 11.6. The van der Waals surface area contributed by atoms with Gasteiger partial charge in [-0.25, -0.2) is 4.79 Å². The highest BCUT2D eigenvalue weighted by atomic mass is 35.5. The fourth-order valence-electron chi connectivity index (χ4n) is 3.01. The van der Waals surface area contributed by atoms with E-state index >= 15 is 0 Å². The molecule has 4 nitrogen and oxygen atoms in total. The van der Waals surface area contributed by atoms with Gasteiger partial charge in [0.25, 0.3) is 5.91 Å². The highest BCUT2D eigenvalue weighted by molar-refractivity contribution is 6.17. The monoisotopic (exact) mass is 286 g/mol. The molecular formula is C14H23ClN2O2. The normalized spacial score (nSPS) is 31.1. The zero-order valence-corrected chi connectivity index (χ0v) is 12.3. The van der Waals surface area contributed by atoms with Crippen molar-refractivity contribution >= 4 is 23.5 Å². The molecule has 0 atom stereocenters. The van der Waals surface area contributed by atoms with E-state index in [9.17, 15) is 9.59 Å². The molecule has 0 unspecified atom stereocenters. The molecular weight excluding hydrogens is 264 g/mol. The summed E-state index contributed by atoms with van der Waals surface area (Å²) in [5.74, 6) is 1.30. The Hall–Kier alpha value is -0.770. The Morgan fingerprint density at radius 2 is 1.95 bits per heavy atom. The summed E-state index contributed by atoms with van der Waals surface area (Å²) < 4.78 is 0. The van der Waals surface area contributed by atoms with Gasteiger partial charge in [0.1, 0.15) is 5.54 Å². The second kappa shape index (κ2) is 6.12. The second-order valence-corrected chi connectivity index (χ2v) is 6.28. The van der Waals surface area contributed by atoms with E-state index < -0.39 is 5.54 Å². The number of hydrogen-bond donors (Lipinski definition) is 1. The van der Waals surface area contributed by atoms with Crippen LogP contribution in [0, 0.1) is 5.92 Å². The van der Waals surface area contributed by atoms with Crippen LogP contribution in [0.1, 0.15) is 51.9 Å². The predicted octanol–water partition coefficient (Wildman–Crippen LogP) is 2.90. The molecule has 0 aromatic carbocycles. The summed E-state index contributed by atoms with van der Waals surface area (Å²) in [5.41, 5.74) is -0.587. The van der Waals surface area contributed by atoms with Crippen LogP contribution >= 0.6 is 11.6 Å². The number of urea groups is 1. The van der Waals surface area contributed by atoms with Crippen molar-refractivity contribution in [3.63, 3.8) is 0 Å². The number of amides is 3. The summed E-state index contributed by atoms with van der Waals surface area (Å²) in [6.45, 7) is 2.73. The molecule has 19 heavy (non-hydrogen) atoms. The maximum Gasteiger partial charge on any atom is 0.325 e. The van der Waals surface area contributed by atoms with Gasteiger partial charge in [0.15, 0.2) is 0 Å². The van der Waals surface area contributed by atoms with Crippen molar-refractivity contribution < 1.29 is 9.59 Å². The van der Waals surface area contributed by atoms with E-state index in [0.717, 1.165) is 44.9 Å². The van der Waals surface area contributed by atoms with Crippen molar-refractivity contribution in [3.05, 3.63) is 0 Å². The third kappa shape index (κ3) is 3.04. The van der Waals surface area contributed by atoms with Crippen LogP contribution in [0.25, 0.3) is 0 Å². The minimum atomic E-state index is -0.587. The van der Waals surface area contributed by atoms with Crippen LogP contribution in [0.4, 0.5) is 4.79 Å². The highest BCUT2D eigenvalue weighted by Crippen LogP contribution is 2.36. The Balaban J connectivity index is 1.92. The van der Waals surface area contributed by atoms with E-state index in [0.29, 0.717) is 18.3 Å². The first-order valence-corrected chi connectivity index (χ1v) is 7.82. The number of rotatable bonds is 5. The van der Waals surface area contributed by atoms with Crippen LogP contribution < -0.4 is 5.32 Å². The first-order valence-electron chi connectivity index (χ1n) is 7.29. The van der Waals surface area contributed by atoms with Gasteiger partial charge in [-0.1, -0.05) is 13.3 Å². The van der Waals surface area contributed by atoms with Gasteiger partial charge in [0.05, 0.1) is 0 Å². The van der Waals surface area contributed by atoms with Gasteiger partial charge >= 0.3 is 6.03 Å². The summed E-state index contributed by atoms with van der Waals surface area (Å²) in [5, 5.41) is 2.94. The molecule has 1 N–H and O–H groups in total. The third-order valence-electron chi connectivity index (χ3n) is 4.39. The first kappa shape index (κ1) is 14.6. The molecule has 1 aliphatic heterocycles. The number of carbonyl (C=O) groups is 2. The Labute approximate surface area is 119 Å². The van der Waals surface area contributed by atoms with Crippen molar-refractivity contribution in [2.75, 3.05) is 12.4 Å². The molecule has 0 bridgehead atoms. The number of hydrogen-bond acceptors (Lipinski definition) is 2. The molecule has 1 saturated heterocycles. The average Bonchev–Trinajstić information content (AvgIpc) is 2.62. The van der Waals surface area contributed by atoms with Crippen LogP contribution in [-0.4, -0.2) is 34.8 Å². The minimum absolute atomic E-state index is 0.00438. The quantitative estimate of drug-likeness (QED) is 0.480. The van der Waals surface area contributed by atoms with Gasteiger partial charge in [-0.3, -0.25) is 9.69 Å². The van der Waals surface area contributed by atoms with E-state index in [-0.39, 0.29) is 11.9 Å². The fraction of sp³-hybridized carbons (Fsp3) is 0.857. The van der Waals surface area contributed by atoms with E-state index in [1.54, 1.807) is 0 Å². The Morgan fingerprint density at radius 1 is 1.26 bits per heavy atom. The molecule has 2 aliphatic rings. The Morgan fingerprint density at radius 3 is 2.58 bits per heavy atom. The highest BCUT2D eigenvalue weighted by Gasteiger charge is 2.51. The second-order valence-electron chi connectivity index (χ2n) is 5.90. The van der Waals surface area contributed by atoms with Crippen molar-refractivity contribution in [2.45, 2.75) is 57.4 Å². The van der Waals surface area contributed by atoms with Crippen molar-refractivity contribution in [1.82, 2.24) is 10.2 Å². The van der Waals surface area contributed by atoms with E-state index in [1.807, 2.05) is 0 Å². The van der Waals surface area contributed by atoms with Gasteiger partial charge in [-0.2, -0.15) is 0 Å². The molecule has 1 aliphatic carbocycles. The van der Waals surface area contributed by atoms with E-state index in [4.69, 9.17) is 11.6 Å². The van der Waals surface area contributed by atoms with Gasteiger partial charge in [0.2, 0.25) is 0 Å². The summed E-state index contributed by atoms with van der Waals surface area (Å²) >= 11 is 5.62. The van der Waals surface area contributed by atoms with Crippen LogP contribution in [0.3, 0.4) is 0 Å². The maximum atomic E-state index is 12.5. The Kier molecular flexibility index (Phi) is 4.71. The number of carbonyl (C=O) groups excluding carboxylic acids is 2. The number of halogens is 1. The average molecular weight is 287 g/mol. The van der Waals surface area contributed by atoms with Crippen LogP contribution in [0.2, 0.25) is 0 Å². The van der Waals surface area contributed by atoms with Crippen molar-refractivity contribution in [2.24, 2.45) is 5.92 Å². The summed E-state index contributed by atoms with van der Waals surface area (Å²) in [4.78, 5) is 25.9. The lowest BCUT2D eigenvalue weighted by Gasteiger charge is -2.33. The topological polar surface area (TPSA) is 49.4 Å². The third-order valence-corrected chi connectivity index (χ3v) is 4.66. The number of imide groups is 1. The lowest BCUT2D eigenvalue weighted by atomic mass is 9.77. The van der Waals surface area contributed by atoms with E-state index in [2.05, 4.69) is 12.2 Å². The molecule has 108 valence electrons. The van der Waals surface area contributed by atoms with Crippen LogP contribution in [0.5, 0.6) is 0 Å². The minimum Gasteiger partial charge on any atom is -0.323 e. The summed E-state index contributed by atoms with van der Waals surface area (Å²) in [7, 11) is 0. The predicted molar refractivity (Wildman–Crippen MR) is 75.2 cm³/mol. The standard InChI is InChI=1S/C14H23ClN2O2/c1-11-5-7-14(8-6-11)12(18)17(13(19)16-14)10-4-2-3-9-15/h11H,2-10H2,1H3,(H,16,19).